The van der Waals surface area contributed by atoms with Crippen LogP contribution >= 0.6 is 0 Å². The number of nitrogens with zero attached hydrogens (tertiary/aromatic N) is 3. The summed E-state index contributed by atoms with van der Waals surface area (Å²) >= 11 is 0. The summed E-state index contributed by atoms with van der Waals surface area (Å²) in [6, 6.07) is 5.76. The maximum absolute atomic E-state index is 9.24. The highest BCUT2D eigenvalue weighted by Crippen LogP contribution is 2.28. The zero-order valence-corrected chi connectivity index (χ0v) is 11.7. The molecule has 0 amide bonds. The van der Waals surface area contributed by atoms with Crippen LogP contribution in [0.2, 0.25) is 0 Å². The van der Waals surface area contributed by atoms with Gasteiger partial charge in [-0.1, -0.05) is 26.0 Å². The standard InChI is InChI=1S/C15H18N4O/c1-9(2)6-19-8-17-13-14(19)11-4-3-10(7-20)5-12(11)18-15(13)16/h3-5,8-9,20H,6-7H2,1-2H3,(H2,16,18). The number of nitrogen functional groups attached to an aromatic ring is 1. The van der Waals surface area contributed by atoms with E-state index in [1.165, 1.54) is 0 Å². The van der Waals surface area contributed by atoms with Crippen molar-refractivity contribution in [2.45, 2.75) is 27.0 Å². The van der Waals surface area contributed by atoms with E-state index in [0.717, 1.165) is 34.0 Å². The molecule has 3 rings (SSSR count). The SMILES string of the molecule is CC(C)Cn1cnc2c(N)nc3cc(CO)ccc3c21. The van der Waals surface area contributed by atoms with Crippen LogP contribution < -0.4 is 5.73 Å². The summed E-state index contributed by atoms with van der Waals surface area (Å²) in [7, 11) is 0. The number of anilines is 1. The molecule has 5 heteroatoms. The molecule has 3 aromatic rings. The third-order valence-corrected chi connectivity index (χ3v) is 3.38. The quantitative estimate of drug-likeness (QED) is 0.765. The Morgan fingerprint density at radius 3 is 2.85 bits per heavy atom. The van der Waals surface area contributed by atoms with Crippen LogP contribution in [-0.2, 0) is 13.2 Å². The fourth-order valence-corrected chi connectivity index (χ4v) is 2.53. The number of fused-ring (bicyclic) bond motifs is 3. The molecule has 0 spiro atoms. The van der Waals surface area contributed by atoms with Crippen LogP contribution in [0.4, 0.5) is 5.82 Å². The summed E-state index contributed by atoms with van der Waals surface area (Å²) in [6.07, 6.45) is 1.82. The molecule has 0 fully saturated rings. The van der Waals surface area contributed by atoms with E-state index in [1.807, 2.05) is 24.5 Å². The van der Waals surface area contributed by atoms with Gasteiger partial charge in [-0.15, -0.1) is 0 Å². The number of nitrogens with two attached hydrogens (primary N) is 1. The first-order valence-electron chi connectivity index (χ1n) is 6.74. The van der Waals surface area contributed by atoms with E-state index in [9.17, 15) is 5.11 Å². The Hall–Kier alpha value is -2.14. The molecule has 0 saturated heterocycles. The Morgan fingerprint density at radius 2 is 2.15 bits per heavy atom. The lowest BCUT2D eigenvalue weighted by Crippen LogP contribution is -2.04. The maximum atomic E-state index is 9.24. The van der Waals surface area contributed by atoms with Crippen LogP contribution in [0.5, 0.6) is 0 Å². The van der Waals surface area contributed by atoms with Crippen molar-refractivity contribution in [2.24, 2.45) is 5.92 Å². The normalized spacial score (nSPS) is 11.8. The van der Waals surface area contributed by atoms with Crippen molar-refractivity contribution in [3.05, 3.63) is 30.1 Å². The maximum Gasteiger partial charge on any atom is 0.152 e. The second-order valence-corrected chi connectivity index (χ2v) is 5.49. The summed E-state index contributed by atoms with van der Waals surface area (Å²) < 4.78 is 2.12. The lowest BCUT2D eigenvalue weighted by molar-refractivity contribution is 0.282. The number of hydrogen-bond donors (Lipinski definition) is 2. The Bertz CT molecular complexity index is 776. The summed E-state index contributed by atoms with van der Waals surface area (Å²) in [5.41, 5.74) is 9.40. The average Bonchev–Trinajstić information content (AvgIpc) is 2.82. The van der Waals surface area contributed by atoms with Crippen molar-refractivity contribution in [1.82, 2.24) is 14.5 Å². The first-order chi connectivity index (χ1) is 9.60. The van der Waals surface area contributed by atoms with E-state index in [0.29, 0.717) is 11.7 Å². The molecule has 5 nitrogen and oxygen atoms in total. The predicted octanol–water partition coefficient (Wildman–Crippen LogP) is 2.32. The van der Waals surface area contributed by atoms with Crippen molar-refractivity contribution >= 4 is 27.8 Å². The molecule has 0 radical (unpaired) electrons. The van der Waals surface area contributed by atoms with Gasteiger partial charge in [-0.3, -0.25) is 0 Å². The van der Waals surface area contributed by atoms with Crippen LogP contribution in [0.25, 0.3) is 21.9 Å². The topological polar surface area (TPSA) is 77.0 Å². The number of benzene rings is 1. The molecule has 1 aromatic carbocycles. The fourth-order valence-electron chi connectivity index (χ4n) is 2.53. The number of aliphatic hydroxyl groups excluding tert-OH is 1. The van der Waals surface area contributed by atoms with Gasteiger partial charge >= 0.3 is 0 Å². The first kappa shape index (κ1) is 12.9. The second kappa shape index (κ2) is 4.76. The number of pyridine rings is 1. The molecule has 3 N–H and O–H groups in total. The van der Waals surface area contributed by atoms with Crippen molar-refractivity contribution in [3.8, 4) is 0 Å². The van der Waals surface area contributed by atoms with Crippen molar-refractivity contribution < 1.29 is 5.11 Å². The highest BCUT2D eigenvalue weighted by molar-refractivity contribution is 6.06. The second-order valence-electron chi connectivity index (χ2n) is 5.49. The third kappa shape index (κ3) is 2.00. The van der Waals surface area contributed by atoms with E-state index < -0.39 is 0 Å². The van der Waals surface area contributed by atoms with E-state index in [2.05, 4.69) is 28.4 Å². The zero-order valence-electron chi connectivity index (χ0n) is 11.7. The largest absolute Gasteiger partial charge is 0.392 e. The van der Waals surface area contributed by atoms with E-state index in [4.69, 9.17) is 5.73 Å². The number of hydrogen-bond acceptors (Lipinski definition) is 4. The molecule has 0 saturated carbocycles. The van der Waals surface area contributed by atoms with Crippen LogP contribution in [0.15, 0.2) is 24.5 Å². The molecule has 20 heavy (non-hydrogen) atoms. The molecule has 0 aliphatic heterocycles. The Labute approximate surface area is 117 Å². The van der Waals surface area contributed by atoms with E-state index in [1.54, 1.807) is 0 Å². The van der Waals surface area contributed by atoms with Gasteiger partial charge in [-0.2, -0.15) is 0 Å². The fraction of sp³-hybridized carbons (Fsp3) is 0.333. The molecular weight excluding hydrogens is 252 g/mol. The minimum Gasteiger partial charge on any atom is -0.392 e. The van der Waals surface area contributed by atoms with Gasteiger partial charge in [0.15, 0.2) is 5.82 Å². The van der Waals surface area contributed by atoms with Gasteiger partial charge in [0.25, 0.3) is 0 Å². The monoisotopic (exact) mass is 270 g/mol. The molecule has 104 valence electrons. The molecule has 0 bridgehead atoms. The molecule has 2 aromatic heterocycles. The Morgan fingerprint density at radius 1 is 1.35 bits per heavy atom. The smallest absolute Gasteiger partial charge is 0.152 e. The van der Waals surface area contributed by atoms with Gasteiger partial charge in [-0.05, 0) is 17.5 Å². The summed E-state index contributed by atoms with van der Waals surface area (Å²) in [5, 5.41) is 10.3. The van der Waals surface area contributed by atoms with Gasteiger partial charge < -0.3 is 15.4 Å². The number of rotatable bonds is 3. The summed E-state index contributed by atoms with van der Waals surface area (Å²) in [4.78, 5) is 8.79. The lowest BCUT2D eigenvalue weighted by Gasteiger charge is -2.10. The van der Waals surface area contributed by atoms with E-state index >= 15 is 0 Å². The van der Waals surface area contributed by atoms with Crippen LogP contribution in [0.3, 0.4) is 0 Å². The van der Waals surface area contributed by atoms with Gasteiger partial charge in [0.2, 0.25) is 0 Å². The molecule has 0 aliphatic rings. The Kier molecular flexibility index (Phi) is 3.06. The number of aromatic nitrogens is 3. The molecule has 0 unspecified atom stereocenters. The molecule has 0 atom stereocenters. The third-order valence-electron chi connectivity index (χ3n) is 3.38. The van der Waals surface area contributed by atoms with Gasteiger partial charge in [-0.25, -0.2) is 9.97 Å². The van der Waals surface area contributed by atoms with Crippen molar-refractivity contribution in [2.75, 3.05) is 5.73 Å². The number of imidazole rings is 1. The number of aliphatic hydroxyl groups is 1. The van der Waals surface area contributed by atoms with Gasteiger partial charge in [0.05, 0.1) is 24.0 Å². The van der Waals surface area contributed by atoms with Crippen molar-refractivity contribution in [1.29, 1.82) is 0 Å². The predicted molar refractivity (Wildman–Crippen MR) is 80.2 cm³/mol. The minimum absolute atomic E-state index is 0.000811. The highest BCUT2D eigenvalue weighted by Gasteiger charge is 2.13. The summed E-state index contributed by atoms with van der Waals surface area (Å²) in [6.45, 7) is 5.22. The van der Waals surface area contributed by atoms with Gasteiger partial charge in [0, 0.05) is 11.9 Å². The minimum atomic E-state index is 0.000811. The molecular formula is C15H18N4O. The van der Waals surface area contributed by atoms with Crippen molar-refractivity contribution in [3.63, 3.8) is 0 Å². The molecule has 0 aliphatic carbocycles. The van der Waals surface area contributed by atoms with Crippen LogP contribution in [0, 0.1) is 5.92 Å². The first-order valence-corrected chi connectivity index (χ1v) is 6.74. The zero-order chi connectivity index (χ0) is 14.3. The highest BCUT2D eigenvalue weighted by atomic mass is 16.3. The Balaban J connectivity index is 2.34. The lowest BCUT2D eigenvalue weighted by atomic mass is 10.1. The van der Waals surface area contributed by atoms with E-state index in [-0.39, 0.29) is 6.61 Å². The molecule has 2 heterocycles. The summed E-state index contributed by atoms with van der Waals surface area (Å²) in [5.74, 6) is 0.957. The van der Waals surface area contributed by atoms with Crippen LogP contribution in [-0.4, -0.2) is 19.6 Å². The average molecular weight is 270 g/mol. The van der Waals surface area contributed by atoms with Gasteiger partial charge in [0.1, 0.15) is 5.52 Å². The van der Waals surface area contributed by atoms with Crippen LogP contribution in [0.1, 0.15) is 19.4 Å².